The number of rotatable bonds is 7. The molecule has 0 spiro atoms. The Hall–Kier alpha value is -2.37. The van der Waals surface area contributed by atoms with Crippen molar-refractivity contribution < 1.29 is 19.5 Å². The van der Waals surface area contributed by atoms with Crippen LogP contribution < -0.4 is 10.2 Å². The van der Waals surface area contributed by atoms with Crippen molar-refractivity contribution in [3.63, 3.8) is 0 Å². The number of carbonyl (C=O) groups excluding carboxylic acids is 2. The number of carboxylic acids is 1. The van der Waals surface area contributed by atoms with Crippen molar-refractivity contribution in [3.8, 4) is 0 Å². The normalized spacial score (nSPS) is 14.8. The number of amides is 2. The van der Waals surface area contributed by atoms with Gasteiger partial charge in [0.2, 0.25) is 11.8 Å². The molecule has 2 rings (SSSR count). The topological polar surface area (TPSA) is 86.7 Å². The lowest BCUT2D eigenvalue weighted by Crippen LogP contribution is -2.43. The van der Waals surface area contributed by atoms with Crippen molar-refractivity contribution >= 4 is 23.5 Å². The highest BCUT2D eigenvalue weighted by Gasteiger charge is 2.21. The second kappa shape index (κ2) is 9.05. The highest BCUT2D eigenvalue weighted by atomic mass is 16.4. The fourth-order valence-electron chi connectivity index (χ4n) is 3.06. The third kappa shape index (κ3) is 5.68. The average Bonchev–Trinajstić information content (AvgIpc) is 2.59. The summed E-state index contributed by atoms with van der Waals surface area (Å²) in [6.07, 6.45) is 6.14. The molecular weight excluding hydrogens is 308 g/mol. The maximum Gasteiger partial charge on any atom is 0.323 e. The lowest BCUT2D eigenvalue weighted by Gasteiger charge is -2.22. The highest BCUT2D eigenvalue weighted by Crippen LogP contribution is 2.26. The molecule has 2 N–H and O–H groups in total. The molecule has 1 aromatic carbocycles. The van der Waals surface area contributed by atoms with Gasteiger partial charge in [-0.25, -0.2) is 0 Å². The number of para-hydroxylation sites is 1. The molecule has 1 aromatic rings. The summed E-state index contributed by atoms with van der Waals surface area (Å²) in [6.45, 7) is -0.616. The van der Waals surface area contributed by atoms with Crippen LogP contribution in [0.2, 0.25) is 0 Å². The average molecular weight is 332 g/mol. The number of carboxylic acid groups (broad SMARTS) is 1. The number of nitrogens with one attached hydrogen (secondary N) is 1. The van der Waals surface area contributed by atoms with Crippen LogP contribution in [0.25, 0.3) is 0 Å². The van der Waals surface area contributed by atoms with Crippen molar-refractivity contribution in [1.82, 2.24) is 5.32 Å². The fourth-order valence-corrected chi connectivity index (χ4v) is 3.06. The van der Waals surface area contributed by atoms with E-state index < -0.39 is 18.4 Å². The van der Waals surface area contributed by atoms with E-state index in [2.05, 4.69) is 5.32 Å². The number of aliphatic carboxylic acids is 1. The van der Waals surface area contributed by atoms with Crippen LogP contribution in [0.15, 0.2) is 30.3 Å². The molecule has 1 aliphatic rings. The zero-order valence-corrected chi connectivity index (χ0v) is 13.7. The van der Waals surface area contributed by atoms with Crippen LogP contribution in [0.5, 0.6) is 0 Å². The predicted octanol–water partition coefficient (Wildman–Crippen LogP) is 2.19. The van der Waals surface area contributed by atoms with E-state index in [9.17, 15) is 14.4 Å². The second-order valence-electron chi connectivity index (χ2n) is 6.19. The molecule has 0 radical (unpaired) electrons. The van der Waals surface area contributed by atoms with Gasteiger partial charge in [-0.05, 0) is 30.9 Å². The summed E-state index contributed by atoms with van der Waals surface area (Å²) in [5.74, 6) is -1.27. The van der Waals surface area contributed by atoms with Crippen molar-refractivity contribution in [2.75, 3.05) is 18.0 Å². The maximum absolute atomic E-state index is 12.3. The first-order chi connectivity index (χ1) is 11.6. The van der Waals surface area contributed by atoms with Crippen molar-refractivity contribution in [3.05, 3.63) is 30.3 Å². The summed E-state index contributed by atoms with van der Waals surface area (Å²) < 4.78 is 0. The van der Waals surface area contributed by atoms with Crippen molar-refractivity contribution in [1.29, 1.82) is 0 Å². The summed E-state index contributed by atoms with van der Waals surface area (Å²) >= 11 is 0. The van der Waals surface area contributed by atoms with Crippen LogP contribution in [-0.4, -0.2) is 36.0 Å². The minimum atomic E-state index is -1.10. The van der Waals surface area contributed by atoms with Crippen LogP contribution in [-0.2, 0) is 14.4 Å². The number of anilines is 1. The first-order valence-corrected chi connectivity index (χ1v) is 8.40. The monoisotopic (exact) mass is 332 g/mol. The molecule has 2 amide bonds. The van der Waals surface area contributed by atoms with Crippen molar-refractivity contribution in [2.45, 2.75) is 38.5 Å². The smallest absolute Gasteiger partial charge is 0.323 e. The zero-order valence-electron chi connectivity index (χ0n) is 13.7. The van der Waals surface area contributed by atoms with Gasteiger partial charge >= 0.3 is 5.97 Å². The SMILES string of the molecule is O=C(O)CN(C(=O)CNC(=O)CC1CCCCC1)c1ccccc1. The zero-order chi connectivity index (χ0) is 17.4. The molecule has 1 aliphatic carbocycles. The van der Waals surface area contributed by atoms with Gasteiger partial charge in [0.25, 0.3) is 0 Å². The number of nitrogens with zero attached hydrogens (tertiary/aromatic N) is 1. The number of hydrogen-bond donors (Lipinski definition) is 2. The first-order valence-electron chi connectivity index (χ1n) is 8.40. The first kappa shape index (κ1) is 18.0. The Labute approximate surface area is 141 Å². The quantitative estimate of drug-likeness (QED) is 0.801. The third-order valence-corrected chi connectivity index (χ3v) is 4.30. The third-order valence-electron chi connectivity index (χ3n) is 4.30. The summed E-state index contributed by atoms with van der Waals surface area (Å²) in [5.41, 5.74) is 0.506. The van der Waals surface area contributed by atoms with E-state index in [0.717, 1.165) is 25.7 Å². The molecule has 0 atom stereocenters. The Balaban J connectivity index is 1.87. The Morgan fingerprint density at radius 1 is 1.08 bits per heavy atom. The van der Waals surface area contributed by atoms with Crippen molar-refractivity contribution in [2.24, 2.45) is 5.92 Å². The van der Waals surface area contributed by atoms with Crippen LogP contribution in [0.4, 0.5) is 5.69 Å². The molecule has 0 heterocycles. The van der Waals surface area contributed by atoms with E-state index in [-0.39, 0.29) is 12.5 Å². The Kier molecular flexibility index (Phi) is 6.78. The van der Waals surface area contributed by atoms with Gasteiger partial charge in [-0.15, -0.1) is 0 Å². The van der Waals surface area contributed by atoms with Gasteiger partial charge in [-0.3, -0.25) is 19.3 Å². The van der Waals surface area contributed by atoms with Gasteiger partial charge in [-0.1, -0.05) is 37.5 Å². The molecule has 0 unspecified atom stereocenters. The lowest BCUT2D eigenvalue weighted by atomic mass is 9.87. The highest BCUT2D eigenvalue weighted by molar-refractivity contribution is 5.99. The Morgan fingerprint density at radius 3 is 2.38 bits per heavy atom. The predicted molar refractivity (Wildman–Crippen MR) is 90.6 cm³/mol. The largest absolute Gasteiger partial charge is 0.480 e. The van der Waals surface area contributed by atoms with E-state index in [4.69, 9.17) is 5.11 Å². The summed E-state index contributed by atoms with van der Waals surface area (Å²) in [4.78, 5) is 36.5. The van der Waals surface area contributed by atoms with Gasteiger partial charge in [0.15, 0.2) is 0 Å². The number of carbonyl (C=O) groups is 3. The lowest BCUT2D eigenvalue weighted by molar-refractivity contribution is -0.136. The molecule has 24 heavy (non-hydrogen) atoms. The summed E-state index contributed by atoms with van der Waals surface area (Å²) in [7, 11) is 0. The van der Waals surface area contributed by atoms with E-state index >= 15 is 0 Å². The molecular formula is C18H24N2O4. The fraction of sp³-hybridized carbons (Fsp3) is 0.500. The molecule has 0 aliphatic heterocycles. The Bertz CT molecular complexity index is 568. The van der Waals surface area contributed by atoms with Gasteiger partial charge in [-0.2, -0.15) is 0 Å². The van der Waals surface area contributed by atoms with E-state index in [1.165, 1.54) is 11.3 Å². The molecule has 0 saturated heterocycles. The van der Waals surface area contributed by atoms with Gasteiger partial charge in [0.1, 0.15) is 6.54 Å². The van der Waals surface area contributed by atoms with Gasteiger partial charge < -0.3 is 10.4 Å². The van der Waals surface area contributed by atoms with Crippen LogP contribution in [0, 0.1) is 5.92 Å². The van der Waals surface area contributed by atoms with Crippen LogP contribution in [0.1, 0.15) is 38.5 Å². The van der Waals surface area contributed by atoms with Gasteiger partial charge in [0, 0.05) is 12.1 Å². The number of hydrogen-bond acceptors (Lipinski definition) is 3. The molecule has 130 valence electrons. The summed E-state index contributed by atoms with van der Waals surface area (Å²) in [6, 6.07) is 8.60. The minimum absolute atomic E-state index is 0.140. The molecule has 6 nitrogen and oxygen atoms in total. The number of benzene rings is 1. The Morgan fingerprint density at radius 2 is 1.75 bits per heavy atom. The van der Waals surface area contributed by atoms with Gasteiger partial charge in [0.05, 0.1) is 6.54 Å². The second-order valence-corrected chi connectivity index (χ2v) is 6.19. The molecule has 0 bridgehead atoms. The standard InChI is InChI=1S/C18H24N2O4/c21-16(11-14-7-3-1-4-8-14)19-12-17(22)20(13-18(23)24)15-9-5-2-6-10-15/h2,5-6,9-10,14H,1,3-4,7-8,11-13H2,(H,19,21)(H,23,24). The summed E-state index contributed by atoms with van der Waals surface area (Å²) in [5, 5.41) is 11.6. The van der Waals surface area contributed by atoms with E-state index in [1.54, 1.807) is 30.3 Å². The van der Waals surface area contributed by atoms with Crippen LogP contribution >= 0.6 is 0 Å². The molecule has 1 fully saturated rings. The maximum atomic E-state index is 12.3. The molecule has 1 saturated carbocycles. The molecule has 6 heteroatoms. The minimum Gasteiger partial charge on any atom is -0.480 e. The van der Waals surface area contributed by atoms with E-state index in [0.29, 0.717) is 18.0 Å². The molecule has 0 aromatic heterocycles. The van der Waals surface area contributed by atoms with Crippen LogP contribution in [0.3, 0.4) is 0 Å². The van der Waals surface area contributed by atoms with E-state index in [1.807, 2.05) is 0 Å².